The standard InChI is InChI=1S/C16H24F3N3O3/c1-25-11-8-12(14(23)21-6-2-3-7-21)22(9-11)15(24)20-13(10-4-5-10)16(17,18)19/h10-13H,2-9H2,1H3,(H,20,24)/t11-,12-,13?/m0/s1. The molecule has 0 aromatic rings. The SMILES string of the molecule is CO[C@H]1C[C@@H](C(=O)N2CCCC2)N(C(=O)NC(C2CC2)C(F)(F)F)C1. The first-order valence-corrected chi connectivity index (χ1v) is 8.76. The molecule has 1 N–H and O–H groups in total. The molecule has 0 aromatic heterocycles. The largest absolute Gasteiger partial charge is 0.408 e. The zero-order chi connectivity index (χ0) is 18.2. The highest BCUT2D eigenvalue weighted by molar-refractivity contribution is 5.88. The summed E-state index contributed by atoms with van der Waals surface area (Å²) >= 11 is 0. The topological polar surface area (TPSA) is 61.9 Å². The number of nitrogens with zero attached hydrogens (tertiary/aromatic N) is 2. The molecule has 1 saturated carbocycles. The Hall–Kier alpha value is -1.51. The van der Waals surface area contributed by atoms with E-state index in [-0.39, 0.29) is 18.6 Å². The fourth-order valence-corrected chi connectivity index (χ4v) is 3.69. The van der Waals surface area contributed by atoms with Crippen LogP contribution in [0.15, 0.2) is 0 Å². The normalized spacial score (nSPS) is 28.3. The van der Waals surface area contributed by atoms with E-state index in [1.165, 1.54) is 12.0 Å². The third kappa shape index (κ3) is 4.02. The van der Waals surface area contributed by atoms with Gasteiger partial charge in [0.05, 0.1) is 6.10 Å². The van der Waals surface area contributed by atoms with E-state index in [1.807, 2.05) is 0 Å². The maximum absolute atomic E-state index is 13.2. The van der Waals surface area contributed by atoms with Gasteiger partial charge >= 0.3 is 12.2 Å². The second-order valence-electron chi connectivity index (χ2n) is 7.10. The van der Waals surface area contributed by atoms with Gasteiger partial charge in [0, 0.05) is 33.2 Å². The lowest BCUT2D eigenvalue weighted by molar-refractivity contribution is -0.158. The monoisotopic (exact) mass is 363 g/mol. The number of urea groups is 1. The van der Waals surface area contributed by atoms with Crippen LogP contribution in [0.25, 0.3) is 0 Å². The Kier molecular flexibility index (Phi) is 5.13. The van der Waals surface area contributed by atoms with Gasteiger partial charge in [-0.3, -0.25) is 4.79 Å². The number of nitrogens with one attached hydrogen (secondary N) is 1. The van der Waals surface area contributed by atoms with E-state index >= 15 is 0 Å². The predicted octanol–water partition coefficient (Wildman–Crippen LogP) is 1.75. The maximum atomic E-state index is 13.2. The molecule has 0 spiro atoms. The van der Waals surface area contributed by atoms with Gasteiger partial charge < -0.3 is 19.9 Å². The van der Waals surface area contributed by atoms with Gasteiger partial charge in [0.15, 0.2) is 0 Å². The van der Waals surface area contributed by atoms with Gasteiger partial charge in [0.1, 0.15) is 12.1 Å². The number of alkyl halides is 3. The van der Waals surface area contributed by atoms with Crippen molar-refractivity contribution in [1.82, 2.24) is 15.1 Å². The molecular formula is C16H24F3N3O3. The highest BCUT2D eigenvalue weighted by atomic mass is 19.4. The van der Waals surface area contributed by atoms with Crippen LogP contribution in [0.1, 0.15) is 32.1 Å². The van der Waals surface area contributed by atoms with Crippen molar-refractivity contribution in [3.05, 3.63) is 0 Å². The van der Waals surface area contributed by atoms with Gasteiger partial charge in [0.2, 0.25) is 5.91 Å². The maximum Gasteiger partial charge on any atom is 0.408 e. The average molecular weight is 363 g/mol. The van der Waals surface area contributed by atoms with E-state index in [2.05, 4.69) is 5.32 Å². The van der Waals surface area contributed by atoms with Gasteiger partial charge in [-0.25, -0.2) is 4.79 Å². The Labute approximate surface area is 144 Å². The molecule has 0 bridgehead atoms. The second kappa shape index (κ2) is 7.01. The first-order valence-electron chi connectivity index (χ1n) is 8.76. The highest BCUT2D eigenvalue weighted by Gasteiger charge is 2.51. The molecule has 0 radical (unpaired) electrons. The van der Waals surface area contributed by atoms with E-state index in [9.17, 15) is 22.8 Å². The van der Waals surface area contributed by atoms with Crippen molar-refractivity contribution in [2.75, 3.05) is 26.7 Å². The van der Waals surface area contributed by atoms with Crippen molar-refractivity contribution in [3.8, 4) is 0 Å². The molecule has 1 unspecified atom stereocenters. The molecule has 3 atom stereocenters. The van der Waals surface area contributed by atoms with Crippen LogP contribution in [0, 0.1) is 5.92 Å². The van der Waals surface area contributed by atoms with Crippen molar-refractivity contribution in [3.63, 3.8) is 0 Å². The van der Waals surface area contributed by atoms with Crippen LogP contribution in [0.3, 0.4) is 0 Å². The number of likely N-dealkylation sites (tertiary alicyclic amines) is 2. The van der Waals surface area contributed by atoms with Crippen molar-refractivity contribution >= 4 is 11.9 Å². The van der Waals surface area contributed by atoms with E-state index in [0.29, 0.717) is 32.4 Å². The Bertz CT molecular complexity index is 518. The molecule has 3 fully saturated rings. The van der Waals surface area contributed by atoms with E-state index in [0.717, 1.165) is 12.8 Å². The van der Waals surface area contributed by atoms with Gasteiger partial charge in [-0.05, 0) is 31.6 Å². The van der Waals surface area contributed by atoms with Crippen LogP contribution in [0.4, 0.5) is 18.0 Å². The summed E-state index contributed by atoms with van der Waals surface area (Å²) < 4.78 is 44.8. The van der Waals surface area contributed by atoms with E-state index in [1.54, 1.807) is 4.90 Å². The summed E-state index contributed by atoms with van der Waals surface area (Å²) in [7, 11) is 1.48. The summed E-state index contributed by atoms with van der Waals surface area (Å²) in [5.41, 5.74) is 0. The molecule has 2 saturated heterocycles. The van der Waals surface area contributed by atoms with Gasteiger partial charge in [-0.2, -0.15) is 13.2 Å². The van der Waals surface area contributed by atoms with Crippen LogP contribution in [0.2, 0.25) is 0 Å². The van der Waals surface area contributed by atoms with Crippen LogP contribution in [0.5, 0.6) is 0 Å². The number of rotatable bonds is 4. The Morgan fingerprint density at radius 1 is 1.20 bits per heavy atom. The minimum Gasteiger partial charge on any atom is -0.380 e. The molecule has 2 heterocycles. The summed E-state index contributed by atoms with van der Waals surface area (Å²) in [6.45, 7) is 1.40. The molecule has 3 aliphatic rings. The van der Waals surface area contributed by atoms with Gasteiger partial charge in [-0.15, -0.1) is 0 Å². The average Bonchev–Trinajstić information content (AvgIpc) is 3.08. The van der Waals surface area contributed by atoms with Crippen molar-refractivity contribution in [2.45, 2.75) is 56.5 Å². The van der Waals surface area contributed by atoms with Crippen molar-refractivity contribution in [2.24, 2.45) is 5.92 Å². The van der Waals surface area contributed by atoms with Crippen LogP contribution in [-0.2, 0) is 9.53 Å². The molecule has 3 amide bonds. The lowest BCUT2D eigenvalue weighted by Gasteiger charge is -2.30. The lowest BCUT2D eigenvalue weighted by Crippen LogP contribution is -2.55. The number of methoxy groups -OCH3 is 1. The van der Waals surface area contributed by atoms with Crippen LogP contribution < -0.4 is 5.32 Å². The summed E-state index contributed by atoms with van der Waals surface area (Å²) in [5.74, 6) is -0.750. The third-order valence-corrected chi connectivity index (χ3v) is 5.28. The fourth-order valence-electron chi connectivity index (χ4n) is 3.69. The number of carbonyl (C=O) groups is 2. The Balaban J connectivity index is 1.70. The highest BCUT2D eigenvalue weighted by Crippen LogP contribution is 2.40. The smallest absolute Gasteiger partial charge is 0.380 e. The van der Waals surface area contributed by atoms with Crippen molar-refractivity contribution in [1.29, 1.82) is 0 Å². The zero-order valence-electron chi connectivity index (χ0n) is 14.2. The molecule has 6 nitrogen and oxygen atoms in total. The Morgan fingerprint density at radius 2 is 1.84 bits per heavy atom. The molecule has 2 aliphatic heterocycles. The third-order valence-electron chi connectivity index (χ3n) is 5.28. The van der Waals surface area contributed by atoms with E-state index in [4.69, 9.17) is 4.74 Å². The fraction of sp³-hybridized carbons (Fsp3) is 0.875. The molecule has 3 rings (SSSR count). The minimum atomic E-state index is -4.48. The lowest BCUT2D eigenvalue weighted by atomic mass is 10.1. The molecule has 1 aliphatic carbocycles. The first-order chi connectivity index (χ1) is 11.8. The minimum absolute atomic E-state index is 0.127. The molecule has 25 heavy (non-hydrogen) atoms. The van der Waals surface area contributed by atoms with E-state index < -0.39 is 30.2 Å². The summed E-state index contributed by atoms with van der Waals surface area (Å²) in [4.78, 5) is 28.1. The molecular weight excluding hydrogens is 339 g/mol. The Morgan fingerprint density at radius 3 is 2.36 bits per heavy atom. The van der Waals surface area contributed by atoms with Crippen molar-refractivity contribution < 1.29 is 27.5 Å². The first kappa shape index (κ1) is 18.3. The quantitative estimate of drug-likeness (QED) is 0.828. The number of halogens is 3. The van der Waals surface area contributed by atoms with Gasteiger partial charge in [0.25, 0.3) is 0 Å². The summed E-state index contributed by atoms with van der Waals surface area (Å²) in [6.07, 6.45) is -1.76. The number of ether oxygens (including phenoxy) is 1. The summed E-state index contributed by atoms with van der Waals surface area (Å²) in [5, 5.41) is 2.12. The number of hydrogen-bond acceptors (Lipinski definition) is 3. The summed E-state index contributed by atoms with van der Waals surface area (Å²) in [6, 6.07) is -3.42. The van der Waals surface area contributed by atoms with Crippen LogP contribution in [-0.4, -0.2) is 72.8 Å². The zero-order valence-corrected chi connectivity index (χ0v) is 14.2. The molecule has 9 heteroatoms. The van der Waals surface area contributed by atoms with Gasteiger partial charge in [-0.1, -0.05) is 0 Å². The predicted molar refractivity (Wildman–Crippen MR) is 82.8 cm³/mol. The molecule has 142 valence electrons. The molecule has 0 aromatic carbocycles. The number of amides is 3. The number of hydrogen-bond donors (Lipinski definition) is 1. The van der Waals surface area contributed by atoms with Crippen LogP contribution >= 0.6 is 0 Å². The second-order valence-corrected chi connectivity index (χ2v) is 7.10. The number of carbonyl (C=O) groups excluding carboxylic acids is 2.